The average Bonchev–Trinajstić information content (AvgIpc) is 3.33. The molecule has 2 heterocycles. The second-order valence-corrected chi connectivity index (χ2v) is 8.64. The Hall–Kier alpha value is -2.43. The van der Waals surface area contributed by atoms with Gasteiger partial charge in [-0.1, -0.05) is 66.7 Å². The van der Waals surface area contributed by atoms with E-state index in [0.29, 0.717) is 6.04 Å². The molecule has 1 aromatic heterocycles. The molecule has 0 radical (unpaired) electrons. The summed E-state index contributed by atoms with van der Waals surface area (Å²) in [6.45, 7) is 3.70. The normalized spacial score (nSPS) is 15.0. The van der Waals surface area contributed by atoms with Crippen LogP contribution in [0.4, 0.5) is 0 Å². The van der Waals surface area contributed by atoms with Gasteiger partial charge < -0.3 is 4.90 Å². The number of rotatable bonds is 7. The van der Waals surface area contributed by atoms with Gasteiger partial charge in [0.2, 0.25) is 0 Å². The van der Waals surface area contributed by atoms with Gasteiger partial charge in [0.1, 0.15) is 0 Å². The van der Waals surface area contributed by atoms with Crippen LogP contribution in [-0.2, 0) is 13.0 Å². The van der Waals surface area contributed by atoms with Gasteiger partial charge in [-0.05, 0) is 41.8 Å². The molecule has 1 amide bonds. The van der Waals surface area contributed by atoms with Crippen LogP contribution >= 0.6 is 11.3 Å². The number of carbonyl (C=O) groups is 1. The molecule has 0 spiro atoms. The summed E-state index contributed by atoms with van der Waals surface area (Å²) in [5.74, 6) is 0.192. The number of thiophene rings is 1. The minimum Gasteiger partial charge on any atom is -0.338 e. The Labute approximate surface area is 177 Å². The fourth-order valence-corrected chi connectivity index (χ4v) is 4.81. The molecule has 1 saturated heterocycles. The van der Waals surface area contributed by atoms with Crippen molar-refractivity contribution in [3.05, 3.63) is 94.2 Å². The monoisotopic (exact) mass is 404 g/mol. The molecule has 4 rings (SSSR count). The molecule has 1 fully saturated rings. The molecule has 29 heavy (non-hydrogen) atoms. The van der Waals surface area contributed by atoms with Crippen LogP contribution in [0.1, 0.15) is 33.6 Å². The minimum absolute atomic E-state index is 0.192. The summed E-state index contributed by atoms with van der Waals surface area (Å²) in [4.78, 5) is 18.2. The van der Waals surface area contributed by atoms with E-state index in [1.165, 1.54) is 22.5 Å². The highest BCUT2D eigenvalue weighted by Crippen LogP contribution is 2.22. The van der Waals surface area contributed by atoms with E-state index in [9.17, 15) is 4.79 Å². The maximum atomic E-state index is 12.7. The Bertz CT molecular complexity index is 872. The minimum atomic E-state index is 0.192. The van der Waals surface area contributed by atoms with Crippen LogP contribution in [0, 0.1) is 0 Å². The molecule has 150 valence electrons. The van der Waals surface area contributed by atoms with E-state index < -0.39 is 0 Å². The lowest BCUT2D eigenvalue weighted by Gasteiger charge is -2.38. The van der Waals surface area contributed by atoms with Crippen molar-refractivity contribution in [2.75, 3.05) is 19.6 Å². The van der Waals surface area contributed by atoms with Gasteiger partial charge in [0.15, 0.2) is 0 Å². The van der Waals surface area contributed by atoms with Crippen molar-refractivity contribution >= 4 is 17.2 Å². The van der Waals surface area contributed by atoms with E-state index in [0.717, 1.165) is 50.3 Å². The Morgan fingerprint density at radius 1 is 0.897 bits per heavy atom. The molecule has 3 aromatic rings. The van der Waals surface area contributed by atoms with Crippen LogP contribution in [0.15, 0.2) is 78.2 Å². The van der Waals surface area contributed by atoms with Gasteiger partial charge in [0.05, 0.1) is 4.88 Å². The number of piperidine rings is 1. The number of nitrogens with zero attached hydrogens (tertiary/aromatic N) is 2. The van der Waals surface area contributed by atoms with Gasteiger partial charge in [0.25, 0.3) is 5.91 Å². The third kappa shape index (κ3) is 5.34. The van der Waals surface area contributed by atoms with Gasteiger partial charge >= 0.3 is 0 Å². The van der Waals surface area contributed by atoms with Crippen LogP contribution in [0.5, 0.6) is 0 Å². The van der Waals surface area contributed by atoms with Crippen LogP contribution in [0.25, 0.3) is 0 Å². The topological polar surface area (TPSA) is 23.6 Å². The van der Waals surface area contributed by atoms with Crippen molar-refractivity contribution in [2.45, 2.75) is 31.8 Å². The van der Waals surface area contributed by atoms with Crippen LogP contribution in [0.3, 0.4) is 0 Å². The summed E-state index contributed by atoms with van der Waals surface area (Å²) in [7, 11) is 0. The van der Waals surface area contributed by atoms with E-state index in [2.05, 4.69) is 65.6 Å². The predicted octanol–water partition coefficient (Wildman–Crippen LogP) is 5.10. The highest BCUT2D eigenvalue weighted by molar-refractivity contribution is 7.12. The zero-order valence-electron chi connectivity index (χ0n) is 16.7. The van der Waals surface area contributed by atoms with E-state index in [1.807, 2.05) is 22.4 Å². The second-order valence-electron chi connectivity index (χ2n) is 7.69. The third-order valence-corrected chi connectivity index (χ3v) is 6.62. The van der Waals surface area contributed by atoms with Gasteiger partial charge in [-0.15, -0.1) is 11.3 Å². The van der Waals surface area contributed by atoms with Gasteiger partial charge in [-0.2, -0.15) is 0 Å². The first kappa shape index (κ1) is 19.9. The first-order valence-electron chi connectivity index (χ1n) is 10.4. The molecule has 0 saturated carbocycles. The predicted molar refractivity (Wildman–Crippen MR) is 120 cm³/mol. The number of hydrogen-bond donors (Lipinski definition) is 0. The Morgan fingerprint density at radius 3 is 2.17 bits per heavy atom. The standard InChI is InChI=1S/C25H28N2OS/c28-25(24-12-7-19-29-24)26-17-14-23(15-18-26)27(20-22-10-5-2-6-11-22)16-13-21-8-3-1-4-9-21/h1-12,19,23H,13-18,20H2. The lowest BCUT2D eigenvalue weighted by molar-refractivity contribution is 0.0613. The molecule has 3 nitrogen and oxygen atoms in total. The molecular formula is C25H28N2OS. The molecule has 4 heteroatoms. The molecule has 0 atom stereocenters. The van der Waals surface area contributed by atoms with E-state index in [4.69, 9.17) is 0 Å². The molecule has 0 N–H and O–H groups in total. The number of likely N-dealkylation sites (tertiary alicyclic amines) is 1. The van der Waals surface area contributed by atoms with Crippen molar-refractivity contribution in [3.63, 3.8) is 0 Å². The Balaban J connectivity index is 1.40. The molecule has 0 aliphatic carbocycles. The smallest absolute Gasteiger partial charge is 0.263 e. The Morgan fingerprint density at radius 2 is 1.55 bits per heavy atom. The van der Waals surface area contributed by atoms with Crippen LogP contribution in [-0.4, -0.2) is 41.4 Å². The van der Waals surface area contributed by atoms with Crippen molar-refractivity contribution in [3.8, 4) is 0 Å². The van der Waals surface area contributed by atoms with E-state index in [-0.39, 0.29) is 5.91 Å². The quantitative estimate of drug-likeness (QED) is 0.547. The van der Waals surface area contributed by atoms with Crippen molar-refractivity contribution in [1.29, 1.82) is 0 Å². The summed E-state index contributed by atoms with van der Waals surface area (Å²) in [6.07, 6.45) is 3.14. The molecule has 0 bridgehead atoms. The fraction of sp³-hybridized carbons (Fsp3) is 0.320. The average molecular weight is 405 g/mol. The van der Waals surface area contributed by atoms with Gasteiger partial charge in [0, 0.05) is 32.2 Å². The lowest BCUT2D eigenvalue weighted by Crippen LogP contribution is -2.47. The summed E-state index contributed by atoms with van der Waals surface area (Å²) < 4.78 is 0. The fourth-order valence-electron chi connectivity index (χ4n) is 4.12. The zero-order valence-corrected chi connectivity index (χ0v) is 17.6. The summed E-state index contributed by atoms with van der Waals surface area (Å²) in [5, 5.41) is 1.98. The van der Waals surface area contributed by atoms with E-state index >= 15 is 0 Å². The number of hydrogen-bond acceptors (Lipinski definition) is 3. The first-order valence-corrected chi connectivity index (χ1v) is 11.3. The zero-order chi connectivity index (χ0) is 19.9. The van der Waals surface area contributed by atoms with Crippen molar-refractivity contribution < 1.29 is 4.79 Å². The molecule has 1 aliphatic rings. The van der Waals surface area contributed by atoms with E-state index in [1.54, 1.807) is 0 Å². The maximum Gasteiger partial charge on any atom is 0.263 e. The van der Waals surface area contributed by atoms with Crippen LogP contribution < -0.4 is 0 Å². The Kier molecular flexibility index (Phi) is 6.75. The van der Waals surface area contributed by atoms with Gasteiger partial charge in [-0.3, -0.25) is 9.69 Å². The molecular weight excluding hydrogens is 376 g/mol. The molecule has 2 aromatic carbocycles. The van der Waals surface area contributed by atoms with Gasteiger partial charge in [-0.25, -0.2) is 0 Å². The lowest BCUT2D eigenvalue weighted by atomic mass is 10.0. The third-order valence-electron chi connectivity index (χ3n) is 5.76. The molecule has 1 aliphatic heterocycles. The highest BCUT2D eigenvalue weighted by Gasteiger charge is 2.27. The largest absolute Gasteiger partial charge is 0.338 e. The highest BCUT2D eigenvalue weighted by atomic mass is 32.1. The first-order chi connectivity index (χ1) is 14.3. The second kappa shape index (κ2) is 9.86. The number of benzene rings is 2. The number of amides is 1. The summed E-state index contributed by atoms with van der Waals surface area (Å²) >= 11 is 1.54. The van der Waals surface area contributed by atoms with Crippen LogP contribution in [0.2, 0.25) is 0 Å². The summed E-state index contributed by atoms with van der Waals surface area (Å²) in [5.41, 5.74) is 2.74. The summed E-state index contributed by atoms with van der Waals surface area (Å²) in [6, 6.07) is 25.9. The maximum absolute atomic E-state index is 12.7. The number of carbonyl (C=O) groups excluding carboxylic acids is 1. The molecule has 0 unspecified atom stereocenters. The SMILES string of the molecule is O=C(c1cccs1)N1CCC(N(CCc2ccccc2)Cc2ccccc2)CC1. The van der Waals surface area contributed by atoms with Crippen molar-refractivity contribution in [2.24, 2.45) is 0 Å². The van der Waals surface area contributed by atoms with Crippen molar-refractivity contribution in [1.82, 2.24) is 9.80 Å².